The topological polar surface area (TPSA) is 46.3 Å². The molecule has 1 amide bonds. The lowest BCUT2D eigenvalue weighted by atomic mass is 9.93. The number of hydrogen-bond donors (Lipinski definition) is 1. The Morgan fingerprint density at radius 1 is 1.32 bits per heavy atom. The van der Waals surface area contributed by atoms with Crippen molar-refractivity contribution in [3.8, 4) is 0 Å². The molecule has 0 aliphatic rings. The zero-order valence-corrected chi connectivity index (χ0v) is 13.5. The van der Waals surface area contributed by atoms with Crippen LogP contribution in [0.15, 0.2) is 28.7 Å². The van der Waals surface area contributed by atoms with E-state index in [2.05, 4.69) is 29.8 Å². The van der Waals surface area contributed by atoms with Crippen molar-refractivity contribution in [1.82, 2.24) is 4.90 Å². The van der Waals surface area contributed by atoms with Crippen molar-refractivity contribution >= 4 is 21.8 Å². The summed E-state index contributed by atoms with van der Waals surface area (Å²) < 4.78 is 1.03. The van der Waals surface area contributed by atoms with E-state index in [1.54, 1.807) is 0 Å². The minimum atomic E-state index is -0.0363. The molecular weight excluding hydrogens is 304 g/mol. The van der Waals surface area contributed by atoms with E-state index in [4.69, 9.17) is 5.73 Å². The highest BCUT2D eigenvalue weighted by atomic mass is 79.9. The lowest BCUT2D eigenvalue weighted by molar-refractivity contribution is -0.131. The van der Waals surface area contributed by atoms with E-state index in [1.165, 1.54) is 0 Å². The number of nitrogens with zero attached hydrogens (tertiary/aromatic N) is 1. The second-order valence-corrected chi connectivity index (χ2v) is 6.50. The minimum absolute atomic E-state index is 0.0363. The molecule has 0 bridgehead atoms. The Labute approximate surface area is 124 Å². The quantitative estimate of drug-likeness (QED) is 0.873. The number of amides is 1. The van der Waals surface area contributed by atoms with Crippen LogP contribution in [-0.2, 0) is 11.2 Å². The lowest BCUT2D eigenvalue weighted by Gasteiger charge is -2.31. The van der Waals surface area contributed by atoms with Gasteiger partial charge in [0.1, 0.15) is 0 Å². The largest absolute Gasteiger partial charge is 0.342 e. The highest BCUT2D eigenvalue weighted by Crippen LogP contribution is 2.16. The van der Waals surface area contributed by atoms with Gasteiger partial charge in [-0.15, -0.1) is 0 Å². The molecule has 0 saturated heterocycles. The van der Waals surface area contributed by atoms with E-state index in [-0.39, 0.29) is 11.3 Å². The molecule has 0 fully saturated rings. The summed E-state index contributed by atoms with van der Waals surface area (Å²) in [4.78, 5) is 14.2. The van der Waals surface area contributed by atoms with Gasteiger partial charge in [-0.05, 0) is 36.6 Å². The molecule has 0 saturated carbocycles. The molecular formula is C15H23BrN2O. The van der Waals surface area contributed by atoms with Crippen LogP contribution in [-0.4, -0.2) is 30.4 Å². The Balaban J connectivity index is 2.66. The number of carbonyl (C=O) groups is 1. The molecule has 3 nitrogen and oxygen atoms in total. The Hall–Kier alpha value is -0.870. The fraction of sp³-hybridized carbons (Fsp3) is 0.533. The molecule has 0 aliphatic carbocycles. The summed E-state index contributed by atoms with van der Waals surface area (Å²) in [5.41, 5.74) is 6.74. The molecule has 0 unspecified atom stereocenters. The Bertz CT molecular complexity index is 415. The summed E-state index contributed by atoms with van der Waals surface area (Å²) >= 11 is 3.39. The first-order valence-corrected chi connectivity index (χ1v) is 7.39. The Kier molecular flexibility index (Phi) is 6.01. The highest BCUT2D eigenvalue weighted by Gasteiger charge is 2.22. The van der Waals surface area contributed by atoms with Crippen LogP contribution in [0.4, 0.5) is 0 Å². The fourth-order valence-corrected chi connectivity index (χ4v) is 2.11. The summed E-state index contributed by atoms with van der Waals surface area (Å²) in [5, 5.41) is 0. The maximum Gasteiger partial charge on any atom is 0.226 e. The average molecular weight is 327 g/mol. The van der Waals surface area contributed by atoms with Crippen molar-refractivity contribution in [1.29, 1.82) is 0 Å². The highest BCUT2D eigenvalue weighted by molar-refractivity contribution is 9.10. The van der Waals surface area contributed by atoms with Gasteiger partial charge in [0.15, 0.2) is 0 Å². The Morgan fingerprint density at radius 2 is 1.89 bits per heavy atom. The molecule has 106 valence electrons. The number of nitrogens with two attached hydrogens (primary N) is 1. The third kappa shape index (κ3) is 5.33. The van der Waals surface area contributed by atoms with Gasteiger partial charge in [-0.3, -0.25) is 4.79 Å². The SMILES string of the molecule is CCN(CC(C)(C)CN)C(=O)Cc1ccc(Br)cc1. The number of benzene rings is 1. The molecule has 19 heavy (non-hydrogen) atoms. The number of hydrogen-bond acceptors (Lipinski definition) is 2. The molecule has 0 atom stereocenters. The van der Waals surface area contributed by atoms with Crippen LogP contribution in [0.1, 0.15) is 26.3 Å². The summed E-state index contributed by atoms with van der Waals surface area (Å²) in [7, 11) is 0. The van der Waals surface area contributed by atoms with Crippen LogP contribution in [0.3, 0.4) is 0 Å². The van der Waals surface area contributed by atoms with Crippen molar-refractivity contribution in [2.75, 3.05) is 19.6 Å². The standard InChI is InChI=1S/C15H23BrN2O/c1-4-18(11-15(2,3)10-17)14(19)9-12-5-7-13(16)8-6-12/h5-8H,4,9-11,17H2,1-3H3. The molecule has 0 heterocycles. The predicted octanol–water partition coefficient (Wildman–Crippen LogP) is 2.83. The second kappa shape index (κ2) is 7.06. The third-order valence-corrected chi connectivity index (χ3v) is 3.70. The third-order valence-electron chi connectivity index (χ3n) is 3.17. The molecule has 0 radical (unpaired) electrons. The van der Waals surface area contributed by atoms with Gasteiger partial charge in [0.2, 0.25) is 5.91 Å². The molecule has 1 rings (SSSR count). The molecule has 0 spiro atoms. The first-order chi connectivity index (χ1) is 8.88. The summed E-state index contributed by atoms with van der Waals surface area (Å²) in [5.74, 6) is 0.159. The summed E-state index contributed by atoms with van der Waals surface area (Å²) in [6, 6.07) is 7.87. The van der Waals surface area contributed by atoms with Crippen LogP contribution in [0.25, 0.3) is 0 Å². The number of rotatable bonds is 6. The number of halogens is 1. The Morgan fingerprint density at radius 3 is 2.37 bits per heavy atom. The van der Waals surface area contributed by atoms with E-state index in [1.807, 2.05) is 36.1 Å². The van der Waals surface area contributed by atoms with Gasteiger partial charge >= 0.3 is 0 Å². The number of likely N-dealkylation sites (N-methyl/N-ethyl adjacent to an activating group) is 1. The molecule has 2 N–H and O–H groups in total. The predicted molar refractivity (Wildman–Crippen MR) is 82.9 cm³/mol. The molecule has 1 aromatic rings. The van der Waals surface area contributed by atoms with E-state index < -0.39 is 0 Å². The first kappa shape index (κ1) is 16.2. The smallest absolute Gasteiger partial charge is 0.226 e. The van der Waals surface area contributed by atoms with Crippen molar-refractivity contribution in [2.24, 2.45) is 11.1 Å². The van der Waals surface area contributed by atoms with Crippen LogP contribution < -0.4 is 5.73 Å². The molecule has 0 aliphatic heterocycles. The van der Waals surface area contributed by atoms with Gasteiger partial charge in [-0.1, -0.05) is 41.9 Å². The zero-order valence-electron chi connectivity index (χ0n) is 11.9. The maximum absolute atomic E-state index is 12.3. The van der Waals surface area contributed by atoms with Crippen LogP contribution in [0, 0.1) is 5.41 Å². The normalized spacial score (nSPS) is 11.4. The van der Waals surface area contributed by atoms with Crippen LogP contribution in [0.5, 0.6) is 0 Å². The van der Waals surface area contributed by atoms with Gasteiger partial charge in [0.05, 0.1) is 6.42 Å². The van der Waals surface area contributed by atoms with E-state index in [0.717, 1.165) is 16.6 Å². The minimum Gasteiger partial charge on any atom is -0.342 e. The van der Waals surface area contributed by atoms with Gasteiger partial charge < -0.3 is 10.6 Å². The number of carbonyl (C=O) groups excluding carboxylic acids is 1. The van der Waals surface area contributed by atoms with Gasteiger partial charge in [0, 0.05) is 17.6 Å². The van der Waals surface area contributed by atoms with Gasteiger partial charge in [0.25, 0.3) is 0 Å². The van der Waals surface area contributed by atoms with Crippen molar-refractivity contribution < 1.29 is 4.79 Å². The summed E-state index contributed by atoms with van der Waals surface area (Å²) in [6.07, 6.45) is 0.446. The van der Waals surface area contributed by atoms with E-state index in [9.17, 15) is 4.79 Å². The van der Waals surface area contributed by atoms with Crippen LogP contribution in [0.2, 0.25) is 0 Å². The fourth-order valence-electron chi connectivity index (χ4n) is 1.85. The van der Waals surface area contributed by atoms with Gasteiger partial charge in [-0.25, -0.2) is 0 Å². The van der Waals surface area contributed by atoms with Crippen molar-refractivity contribution in [3.05, 3.63) is 34.3 Å². The second-order valence-electron chi connectivity index (χ2n) is 5.58. The first-order valence-electron chi connectivity index (χ1n) is 6.60. The maximum atomic E-state index is 12.3. The van der Waals surface area contributed by atoms with E-state index >= 15 is 0 Å². The zero-order chi connectivity index (χ0) is 14.5. The van der Waals surface area contributed by atoms with E-state index in [0.29, 0.717) is 19.5 Å². The monoisotopic (exact) mass is 326 g/mol. The van der Waals surface area contributed by atoms with Gasteiger partial charge in [-0.2, -0.15) is 0 Å². The lowest BCUT2D eigenvalue weighted by Crippen LogP contribution is -2.42. The van der Waals surface area contributed by atoms with Crippen LogP contribution >= 0.6 is 15.9 Å². The van der Waals surface area contributed by atoms with Crippen molar-refractivity contribution in [2.45, 2.75) is 27.2 Å². The molecule has 4 heteroatoms. The molecule has 1 aromatic carbocycles. The average Bonchev–Trinajstić information content (AvgIpc) is 2.38. The summed E-state index contributed by atoms with van der Waals surface area (Å²) in [6.45, 7) is 8.18. The molecule has 0 aromatic heterocycles. The van der Waals surface area contributed by atoms with Crippen molar-refractivity contribution in [3.63, 3.8) is 0 Å².